The second-order valence-electron chi connectivity index (χ2n) is 4.99. The molecule has 2 heterocycles. The summed E-state index contributed by atoms with van der Waals surface area (Å²) in [4.78, 5) is 11.8. The van der Waals surface area contributed by atoms with Crippen molar-refractivity contribution in [2.45, 2.75) is 19.9 Å². The quantitative estimate of drug-likeness (QED) is 0.559. The maximum Gasteiger partial charge on any atom is 0.344 e. The van der Waals surface area contributed by atoms with Gasteiger partial charge in [0.1, 0.15) is 11.3 Å². The van der Waals surface area contributed by atoms with E-state index in [1.54, 1.807) is 7.11 Å². The molecule has 0 saturated heterocycles. The molecule has 1 aromatic heterocycles. The number of methoxy groups -OCH3 is 1. The summed E-state index contributed by atoms with van der Waals surface area (Å²) >= 11 is 0. The maximum atomic E-state index is 11.8. The highest BCUT2D eigenvalue weighted by molar-refractivity contribution is 5.89. The number of carbonyl (C=O) groups is 1. The summed E-state index contributed by atoms with van der Waals surface area (Å²) in [5.74, 6) is 0.610. The van der Waals surface area contributed by atoms with Gasteiger partial charge in [-0.1, -0.05) is 0 Å². The molecule has 0 saturated carbocycles. The van der Waals surface area contributed by atoms with Gasteiger partial charge in [0.25, 0.3) is 0 Å². The van der Waals surface area contributed by atoms with Crippen LogP contribution in [0.3, 0.4) is 0 Å². The Labute approximate surface area is 136 Å². The Morgan fingerprint density at radius 2 is 2.09 bits per heavy atom. The predicted octanol–water partition coefficient (Wildman–Crippen LogP) is -0.613. The van der Waals surface area contributed by atoms with Gasteiger partial charge in [-0.25, -0.2) is 4.79 Å². The first-order valence-electron chi connectivity index (χ1n) is 7.11. The predicted molar refractivity (Wildman–Crippen MR) is 78.3 cm³/mol. The zero-order valence-corrected chi connectivity index (χ0v) is 13.4. The first-order chi connectivity index (χ1) is 10.2. The van der Waals surface area contributed by atoms with Gasteiger partial charge in [0, 0.05) is 18.1 Å². The highest BCUT2D eigenvalue weighted by Gasteiger charge is 2.24. The highest BCUT2D eigenvalue weighted by atomic mass is 35.5. The number of hydrogen-bond acceptors (Lipinski definition) is 3. The molecule has 0 aliphatic carbocycles. The minimum Gasteiger partial charge on any atom is -1.00 e. The van der Waals surface area contributed by atoms with Crippen LogP contribution in [0.4, 0.5) is 0 Å². The van der Waals surface area contributed by atoms with Crippen molar-refractivity contribution in [1.82, 2.24) is 0 Å². The topological polar surface area (TPSA) is 39.4 Å². The zero-order chi connectivity index (χ0) is 14.8. The van der Waals surface area contributed by atoms with Crippen molar-refractivity contribution in [3.63, 3.8) is 0 Å². The molecule has 0 unspecified atom stereocenters. The monoisotopic (exact) mass is 319 g/mol. The Bertz CT molecular complexity index is 700. The van der Waals surface area contributed by atoms with E-state index in [1.165, 1.54) is 11.1 Å². The van der Waals surface area contributed by atoms with Crippen molar-refractivity contribution in [3.05, 3.63) is 47.7 Å². The SMILES string of the molecule is CCOC(=O)c1ccc2[n+](c1)CCc1cc(OC)ccc1-2.[Cl-]. The molecule has 0 N–H and O–H groups in total. The van der Waals surface area contributed by atoms with Gasteiger partial charge in [0.2, 0.25) is 5.69 Å². The Morgan fingerprint density at radius 3 is 2.82 bits per heavy atom. The molecule has 5 heteroatoms. The number of halogens is 1. The van der Waals surface area contributed by atoms with E-state index in [4.69, 9.17) is 9.47 Å². The number of aryl methyl sites for hydroxylation is 2. The molecule has 4 nitrogen and oxygen atoms in total. The van der Waals surface area contributed by atoms with Crippen molar-refractivity contribution in [2.75, 3.05) is 13.7 Å². The van der Waals surface area contributed by atoms with Gasteiger partial charge in [0.15, 0.2) is 12.7 Å². The lowest BCUT2D eigenvalue weighted by Crippen LogP contribution is -3.00. The van der Waals surface area contributed by atoms with Crippen molar-refractivity contribution >= 4 is 5.97 Å². The van der Waals surface area contributed by atoms with E-state index in [2.05, 4.69) is 16.7 Å². The molecule has 0 spiro atoms. The summed E-state index contributed by atoms with van der Waals surface area (Å²) < 4.78 is 12.4. The van der Waals surface area contributed by atoms with Crippen LogP contribution < -0.4 is 21.7 Å². The van der Waals surface area contributed by atoms with Crippen LogP contribution in [0.15, 0.2) is 36.5 Å². The van der Waals surface area contributed by atoms with E-state index in [9.17, 15) is 4.79 Å². The normalized spacial score (nSPS) is 11.7. The summed E-state index contributed by atoms with van der Waals surface area (Å²) in [6.07, 6.45) is 2.80. The molecule has 1 aliphatic heterocycles. The summed E-state index contributed by atoms with van der Waals surface area (Å²) in [6, 6.07) is 9.93. The third kappa shape index (κ3) is 2.92. The number of carbonyl (C=O) groups excluding carboxylic acids is 1. The van der Waals surface area contributed by atoms with Gasteiger partial charge < -0.3 is 21.9 Å². The van der Waals surface area contributed by atoms with Crippen LogP contribution in [-0.2, 0) is 17.7 Å². The number of pyridine rings is 1. The van der Waals surface area contributed by atoms with Gasteiger partial charge >= 0.3 is 5.97 Å². The van der Waals surface area contributed by atoms with Crippen LogP contribution in [0.2, 0.25) is 0 Å². The number of aromatic nitrogens is 1. The largest absolute Gasteiger partial charge is 1.00 e. The lowest BCUT2D eigenvalue weighted by Gasteiger charge is -2.16. The van der Waals surface area contributed by atoms with E-state index < -0.39 is 0 Å². The van der Waals surface area contributed by atoms with Crippen LogP contribution >= 0.6 is 0 Å². The first-order valence-corrected chi connectivity index (χ1v) is 7.11. The average molecular weight is 320 g/mol. The van der Waals surface area contributed by atoms with E-state index in [1.807, 2.05) is 31.3 Å². The van der Waals surface area contributed by atoms with Crippen LogP contribution in [-0.4, -0.2) is 19.7 Å². The summed E-state index contributed by atoms with van der Waals surface area (Å²) in [5.41, 5.74) is 4.18. The van der Waals surface area contributed by atoms with E-state index in [-0.39, 0.29) is 18.4 Å². The molecule has 0 radical (unpaired) electrons. The molecule has 1 aromatic carbocycles. The van der Waals surface area contributed by atoms with Crippen LogP contribution in [0.5, 0.6) is 5.75 Å². The second-order valence-corrected chi connectivity index (χ2v) is 4.99. The second kappa shape index (κ2) is 6.79. The van der Waals surface area contributed by atoms with Gasteiger partial charge in [-0.05, 0) is 36.8 Å². The van der Waals surface area contributed by atoms with Crippen molar-refractivity contribution < 1.29 is 31.2 Å². The van der Waals surface area contributed by atoms with Crippen LogP contribution in [0.1, 0.15) is 22.8 Å². The fourth-order valence-corrected chi connectivity index (χ4v) is 2.70. The standard InChI is InChI=1S/C17H18NO3.ClH/c1-3-21-17(19)13-4-7-16-15-6-5-14(20-2)10-12(15)8-9-18(16)11-13;/h4-7,10-11H,3,8-9H2,1-2H3;1H/q+1;/p-1. The van der Waals surface area contributed by atoms with Gasteiger partial charge in [-0.3, -0.25) is 0 Å². The Hall–Kier alpha value is -2.07. The van der Waals surface area contributed by atoms with Crippen molar-refractivity contribution in [1.29, 1.82) is 0 Å². The fraction of sp³-hybridized carbons (Fsp3) is 0.294. The van der Waals surface area contributed by atoms with Gasteiger partial charge in [0.05, 0.1) is 13.7 Å². The Kier molecular flexibility index (Phi) is 5.03. The van der Waals surface area contributed by atoms with E-state index in [0.29, 0.717) is 12.2 Å². The molecule has 3 rings (SSSR count). The maximum absolute atomic E-state index is 11.8. The van der Waals surface area contributed by atoms with Crippen molar-refractivity contribution in [2.24, 2.45) is 0 Å². The Morgan fingerprint density at radius 1 is 1.27 bits per heavy atom. The number of ether oxygens (including phenoxy) is 2. The molecule has 0 atom stereocenters. The number of fused-ring (bicyclic) bond motifs is 3. The number of benzene rings is 1. The molecule has 22 heavy (non-hydrogen) atoms. The number of nitrogens with zero attached hydrogens (tertiary/aromatic N) is 1. The molecule has 0 bridgehead atoms. The average Bonchev–Trinajstić information content (AvgIpc) is 2.53. The third-order valence-corrected chi connectivity index (χ3v) is 3.75. The molecule has 1 aliphatic rings. The van der Waals surface area contributed by atoms with E-state index >= 15 is 0 Å². The molecule has 0 fully saturated rings. The van der Waals surface area contributed by atoms with Gasteiger partial charge in [-0.2, -0.15) is 4.57 Å². The molecule has 2 aromatic rings. The zero-order valence-electron chi connectivity index (χ0n) is 12.6. The number of esters is 1. The van der Waals surface area contributed by atoms with Crippen LogP contribution in [0.25, 0.3) is 11.3 Å². The minimum absolute atomic E-state index is 0. The summed E-state index contributed by atoms with van der Waals surface area (Å²) in [5, 5.41) is 0. The molecular formula is C17H18ClNO3. The van der Waals surface area contributed by atoms with E-state index in [0.717, 1.165) is 24.4 Å². The molecular weight excluding hydrogens is 302 g/mol. The lowest BCUT2D eigenvalue weighted by molar-refractivity contribution is -0.687. The Balaban J connectivity index is 0.00000176. The first kappa shape index (κ1) is 16.3. The fourth-order valence-electron chi connectivity index (χ4n) is 2.70. The summed E-state index contributed by atoms with van der Waals surface area (Å²) in [6.45, 7) is 3.05. The number of hydrogen-bond donors (Lipinski definition) is 0. The minimum atomic E-state index is -0.270. The summed E-state index contributed by atoms with van der Waals surface area (Å²) in [7, 11) is 1.68. The third-order valence-electron chi connectivity index (χ3n) is 3.75. The molecule has 116 valence electrons. The lowest BCUT2D eigenvalue weighted by atomic mass is 9.96. The van der Waals surface area contributed by atoms with Crippen molar-refractivity contribution in [3.8, 4) is 17.0 Å². The molecule has 0 amide bonds. The highest BCUT2D eigenvalue weighted by Crippen LogP contribution is 2.28. The van der Waals surface area contributed by atoms with Crippen LogP contribution in [0, 0.1) is 0 Å². The number of rotatable bonds is 3. The van der Waals surface area contributed by atoms with Gasteiger partial charge in [-0.15, -0.1) is 0 Å². The smallest absolute Gasteiger partial charge is 0.344 e.